The minimum Gasteiger partial charge on any atom is -0.463 e. The summed E-state index contributed by atoms with van der Waals surface area (Å²) in [6, 6.07) is 0. The van der Waals surface area contributed by atoms with Gasteiger partial charge in [-0.15, -0.1) is 0 Å². The van der Waals surface area contributed by atoms with E-state index in [0.29, 0.717) is 19.4 Å². The molecule has 0 aromatic carbocycles. The van der Waals surface area contributed by atoms with Gasteiger partial charge < -0.3 is 9.47 Å². The van der Waals surface area contributed by atoms with Crippen LogP contribution in [-0.2, 0) is 19.1 Å². The van der Waals surface area contributed by atoms with E-state index in [1.807, 2.05) is 0 Å². The monoisotopic (exact) mass is 256 g/mol. The summed E-state index contributed by atoms with van der Waals surface area (Å²) < 4.78 is 9.79. The SMILES string of the molecule is CCCCCCCCCC(=O)O[C@@H]1CCOC1=O. The molecule has 18 heavy (non-hydrogen) atoms. The Labute approximate surface area is 109 Å². The smallest absolute Gasteiger partial charge is 0.347 e. The Morgan fingerprint density at radius 3 is 2.50 bits per heavy atom. The van der Waals surface area contributed by atoms with Gasteiger partial charge in [0.15, 0.2) is 0 Å². The summed E-state index contributed by atoms with van der Waals surface area (Å²) in [7, 11) is 0. The summed E-state index contributed by atoms with van der Waals surface area (Å²) in [5.74, 6) is -0.671. The summed E-state index contributed by atoms with van der Waals surface area (Å²) >= 11 is 0. The Morgan fingerprint density at radius 1 is 1.22 bits per heavy atom. The Hall–Kier alpha value is -1.06. The van der Waals surface area contributed by atoms with E-state index in [4.69, 9.17) is 9.47 Å². The van der Waals surface area contributed by atoms with Crippen molar-refractivity contribution in [2.24, 2.45) is 0 Å². The second-order valence-corrected chi connectivity index (χ2v) is 4.81. The van der Waals surface area contributed by atoms with E-state index in [0.717, 1.165) is 12.8 Å². The lowest BCUT2D eigenvalue weighted by Crippen LogP contribution is -2.22. The van der Waals surface area contributed by atoms with Crippen LogP contribution < -0.4 is 0 Å². The van der Waals surface area contributed by atoms with Crippen molar-refractivity contribution in [2.75, 3.05) is 6.61 Å². The highest BCUT2D eigenvalue weighted by Crippen LogP contribution is 2.13. The van der Waals surface area contributed by atoms with E-state index >= 15 is 0 Å². The molecule has 4 heteroatoms. The van der Waals surface area contributed by atoms with Gasteiger partial charge in [0, 0.05) is 12.8 Å². The maximum absolute atomic E-state index is 11.4. The van der Waals surface area contributed by atoms with Crippen LogP contribution in [0.1, 0.15) is 64.7 Å². The lowest BCUT2D eigenvalue weighted by molar-refractivity contribution is -0.160. The molecule has 0 amide bonds. The zero-order chi connectivity index (χ0) is 13.2. The predicted octanol–water partition coefficient (Wildman–Crippen LogP) is 2.99. The molecule has 4 nitrogen and oxygen atoms in total. The molecule has 1 heterocycles. The largest absolute Gasteiger partial charge is 0.463 e. The van der Waals surface area contributed by atoms with Crippen LogP contribution in [0.3, 0.4) is 0 Å². The normalized spacial score (nSPS) is 18.7. The van der Waals surface area contributed by atoms with E-state index in [1.54, 1.807) is 0 Å². The lowest BCUT2D eigenvalue weighted by atomic mass is 10.1. The Kier molecular flexibility index (Phi) is 7.46. The van der Waals surface area contributed by atoms with Crippen LogP contribution in [0.2, 0.25) is 0 Å². The first-order valence-corrected chi connectivity index (χ1v) is 7.10. The maximum atomic E-state index is 11.4. The maximum Gasteiger partial charge on any atom is 0.347 e. The highest BCUT2D eigenvalue weighted by Gasteiger charge is 2.29. The van der Waals surface area contributed by atoms with Crippen LogP contribution in [0.4, 0.5) is 0 Å². The zero-order valence-corrected chi connectivity index (χ0v) is 11.3. The molecule has 0 aliphatic carbocycles. The van der Waals surface area contributed by atoms with Gasteiger partial charge in [0.25, 0.3) is 0 Å². The number of ether oxygens (including phenoxy) is 2. The van der Waals surface area contributed by atoms with Crippen LogP contribution in [0.15, 0.2) is 0 Å². The van der Waals surface area contributed by atoms with Crippen molar-refractivity contribution in [3.63, 3.8) is 0 Å². The summed E-state index contributed by atoms with van der Waals surface area (Å²) in [6.45, 7) is 2.57. The highest BCUT2D eigenvalue weighted by atomic mass is 16.6. The van der Waals surface area contributed by atoms with Gasteiger partial charge in [-0.05, 0) is 6.42 Å². The fourth-order valence-corrected chi connectivity index (χ4v) is 2.03. The third-order valence-corrected chi connectivity index (χ3v) is 3.15. The number of rotatable bonds is 9. The lowest BCUT2D eigenvalue weighted by Gasteiger charge is -2.07. The summed E-state index contributed by atoms with van der Waals surface area (Å²) in [6.07, 6.45) is 8.45. The topological polar surface area (TPSA) is 52.6 Å². The number of hydrogen-bond donors (Lipinski definition) is 0. The standard InChI is InChI=1S/C14H24O4/c1-2-3-4-5-6-7-8-9-13(15)18-12-10-11-17-14(12)16/h12H,2-11H2,1H3/t12-/m1/s1. The van der Waals surface area contributed by atoms with Crippen molar-refractivity contribution in [2.45, 2.75) is 70.8 Å². The predicted molar refractivity (Wildman–Crippen MR) is 68.1 cm³/mol. The molecule has 0 N–H and O–H groups in total. The van der Waals surface area contributed by atoms with Crippen molar-refractivity contribution < 1.29 is 19.1 Å². The van der Waals surface area contributed by atoms with Gasteiger partial charge in [-0.2, -0.15) is 0 Å². The molecular weight excluding hydrogens is 232 g/mol. The molecule has 1 aliphatic heterocycles. The van der Waals surface area contributed by atoms with Crippen LogP contribution in [0.25, 0.3) is 0 Å². The quantitative estimate of drug-likeness (QED) is 0.470. The molecule has 0 radical (unpaired) electrons. The number of carbonyl (C=O) groups excluding carboxylic acids is 2. The van der Waals surface area contributed by atoms with Gasteiger partial charge in [-0.3, -0.25) is 4.79 Å². The molecule has 104 valence electrons. The van der Waals surface area contributed by atoms with Gasteiger partial charge >= 0.3 is 11.9 Å². The third-order valence-electron chi connectivity index (χ3n) is 3.15. The second kappa shape index (κ2) is 8.95. The van der Waals surface area contributed by atoms with Gasteiger partial charge in [0.05, 0.1) is 6.61 Å². The summed E-state index contributed by atoms with van der Waals surface area (Å²) in [4.78, 5) is 22.5. The van der Waals surface area contributed by atoms with Gasteiger partial charge in [0.1, 0.15) is 0 Å². The molecule has 0 unspecified atom stereocenters. The molecule has 0 bridgehead atoms. The minimum atomic E-state index is -0.651. The van der Waals surface area contributed by atoms with Crippen LogP contribution in [-0.4, -0.2) is 24.6 Å². The Morgan fingerprint density at radius 2 is 1.89 bits per heavy atom. The second-order valence-electron chi connectivity index (χ2n) is 4.81. The van der Waals surface area contributed by atoms with E-state index in [9.17, 15) is 9.59 Å². The van der Waals surface area contributed by atoms with Gasteiger partial charge in [0.2, 0.25) is 6.10 Å². The first kappa shape index (κ1) is 15.0. The number of carbonyl (C=O) groups is 2. The minimum absolute atomic E-state index is 0.271. The van der Waals surface area contributed by atoms with Crippen LogP contribution in [0.5, 0.6) is 0 Å². The number of esters is 2. The van der Waals surface area contributed by atoms with E-state index in [2.05, 4.69) is 6.92 Å². The molecule has 1 fully saturated rings. The fourth-order valence-electron chi connectivity index (χ4n) is 2.03. The number of hydrogen-bond acceptors (Lipinski definition) is 4. The average molecular weight is 256 g/mol. The molecule has 1 aliphatic rings. The van der Waals surface area contributed by atoms with Crippen LogP contribution >= 0.6 is 0 Å². The highest BCUT2D eigenvalue weighted by molar-refractivity contribution is 5.80. The summed E-state index contributed by atoms with van der Waals surface area (Å²) in [5.41, 5.74) is 0. The van der Waals surface area contributed by atoms with E-state index < -0.39 is 12.1 Å². The molecule has 1 atom stereocenters. The van der Waals surface area contributed by atoms with Gasteiger partial charge in [-0.25, -0.2) is 4.79 Å². The van der Waals surface area contributed by atoms with E-state index in [-0.39, 0.29) is 5.97 Å². The third kappa shape index (κ3) is 6.03. The first-order chi connectivity index (χ1) is 8.74. The molecular formula is C14H24O4. The zero-order valence-electron chi connectivity index (χ0n) is 11.3. The average Bonchev–Trinajstić information content (AvgIpc) is 2.74. The summed E-state index contributed by atoms with van der Waals surface area (Å²) in [5, 5.41) is 0. The van der Waals surface area contributed by atoms with Crippen LogP contribution in [0, 0.1) is 0 Å². The van der Waals surface area contributed by atoms with Crippen molar-refractivity contribution in [3.05, 3.63) is 0 Å². The van der Waals surface area contributed by atoms with Crippen molar-refractivity contribution in [1.82, 2.24) is 0 Å². The molecule has 0 aromatic rings. The van der Waals surface area contributed by atoms with Crippen molar-refractivity contribution in [3.8, 4) is 0 Å². The van der Waals surface area contributed by atoms with Crippen molar-refractivity contribution in [1.29, 1.82) is 0 Å². The molecule has 0 saturated carbocycles. The number of unbranched alkanes of at least 4 members (excludes halogenated alkanes) is 6. The van der Waals surface area contributed by atoms with Crippen molar-refractivity contribution >= 4 is 11.9 Å². The number of cyclic esters (lactones) is 1. The Bertz CT molecular complexity index is 263. The van der Waals surface area contributed by atoms with Gasteiger partial charge in [-0.1, -0.05) is 45.4 Å². The first-order valence-electron chi connectivity index (χ1n) is 7.10. The molecule has 1 saturated heterocycles. The fraction of sp³-hybridized carbons (Fsp3) is 0.857. The molecule has 0 spiro atoms. The van der Waals surface area contributed by atoms with E-state index in [1.165, 1.54) is 32.1 Å². The molecule has 0 aromatic heterocycles. The Balaban J connectivity index is 1.95. The molecule has 1 rings (SSSR count).